The quantitative estimate of drug-likeness (QED) is 0.634. The monoisotopic (exact) mass is 293 g/mol. The molecule has 0 amide bonds. The van der Waals surface area contributed by atoms with E-state index >= 15 is 0 Å². The summed E-state index contributed by atoms with van der Waals surface area (Å²) in [6.07, 6.45) is 1.68. The summed E-state index contributed by atoms with van der Waals surface area (Å²) < 4.78 is 10.6. The van der Waals surface area contributed by atoms with Crippen LogP contribution in [0.4, 0.5) is 0 Å². The topological polar surface area (TPSA) is 31.4 Å². The van der Waals surface area contributed by atoms with Crippen LogP contribution in [0.3, 0.4) is 0 Å². The van der Waals surface area contributed by atoms with Crippen molar-refractivity contribution in [3.05, 3.63) is 17.8 Å². The predicted octanol–water partition coefficient (Wildman–Crippen LogP) is 2.59. The fraction of sp³-hybridized carbons (Fsp3) is 0.444. The van der Waals surface area contributed by atoms with Crippen molar-refractivity contribution in [3.63, 3.8) is 0 Å². The second kappa shape index (κ2) is 4.64. The number of pyridine rings is 1. The summed E-state index contributed by atoms with van der Waals surface area (Å²) in [4.78, 5) is 4.06. The van der Waals surface area contributed by atoms with E-state index in [1.54, 1.807) is 20.4 Å². The lowest BCUT2D eigenvalue weighted by atomic mass is 10.2. The van der Waals surface area contributed by atoms with Gasteiger partial charge in [0.25, 0.3) is 0 Å². The highest BCUT2D eigenvalue weighted by Crippen LogP contribution is 2.32. The minimum absolute atomic E-state index is 0.379. The summed E-state index contributed by atoms with van der Waals surface area (Å²) in [6, 6.07) is 1.90. The second-order valence-electron chi connectivity index (χ2n) is 2.58. The summed E-state index contributed by atoms with van der Waals surface area (Å²) in [5.41, 5.74) is 1.11. The number of methoxy groups -OCH3 is 2. The highest BCUT2D eigenvalue weighted by atomic mass is 127. The third-order valence-electron chi connectivity index (χ3n) is 1.73. The van der Waals surface area contributed by atoms with Gasteiger partial charge in [0.15, 0.2) is 0 Å². The summed E-state index contributed by atoms with van der Waals surface area (Å²) in [6.45, 7) is 2.10. The maximum atomic E-state index is 5.18. The van der Waals surface area contributed by atoms with Gasteiger partial charge in [0, 0.05) is 15.6 Å². The van der Waals surface area contributed by atoms with Crippen LogP contribution in [0.1, 0.15) is 16.4 Å². The normalized spacial score (nSPS) is 12.3. The van der Waals surface area contributed by atoms with Gasteiger partial charge in [0.1, 0.15) is 5.75 Å². The van der Waals surface area contributed by atoms with Gasteiger partial charge in [-0.3, -0.25) is 0 Å². The fourth-order valence-electron chi connectivity index (χ4n) is 1.03. The molecule has 1 aromatic rings. The molecule has 1 rings (SSSR count). The van der Waals surface area contributed by atoms with Crippen LogP contribution in [0.25, 0.3) is 0 Å². The SMILES string of the molecule is COc1cc(C(C)I)c(OC)cn1. The predicted molar refractivity (Wildman–Crippen MR) is 59.8 cm³/mol. The van der Waals surface area contributed by atoms with E-state index in [2.05, 4.69) is 34.5 Å². The second-order valence-corrected chi connectivity index (χ2v) is 4.45. The van der Waals surface area contributed by atoms with E-state index in [0.717, 1.165) is 11.3 Å². The van der Waals surface area contributed by atoms with Gasteiger partial charge in [-0.1, -0.05) is 22.6 Å². The Morgan fingerprint density at radius 1 is 1.38 bits per heavy atom. The first kappa shape index (κ1) is 10.6. The van der Waals surface area contributed by atoms with Crippen LogP contribution in [0.5, 0.6) is 11.6 Å². The zero-order valence-electron chi connectivity index (χ0n) is 7.87. The molecular formula is C9H12INO2. The molecule has 0 spiro atoms. The number of hydrogen-bond donors (Lipinski definition) is 0. The Labute approximate surface area is 91.6 Å². The van der Waals surface area contributed by atoms with Crippen molar-refractivity contribution in [2.75, 3.05) is 14.2 Å². The maximum absolute atomic E-state index is 5.18. The number of nitrogens with zero attached hydrogens (tertiary/aromatic N) is 1. The number of aromatic nitrogens is 1. The summed E-state index contributed by atoms with van der Waals surface area (Å²) in [5.74, 6) is 1.43. The molecule has 4 heteroatoms. The lowest BCUT2D eigenvalue weighted by Gasteiger charge is -2.10. The van der Waals surface area contributed by atoms with Crippen LogP contribution in [0, 0.1) is 0 Å². The number of alkyl halides is 1. The molecule has 72 valence electrons. The number of hydrogen-bond acceptors (Lipinski definition) is 3. The van der Waals surface area contributed by atoms with E-state index in [4.69, 9.17) is 9.47 Å². The zero-order valence-corrected chi connectivity index (χ0v) is 10.0. The molecule has 13 heavy (non-hydrogen) atoms. The molecule has 0 aliphatic carbocycles. The van der Waals surface area contributed by atoms with E-state index in [0.29, 0.717) is 9.80 Å². The first-order valence-electron chi connectivity index (χ1n) is 3.91. The van der Waals surface area contributed by atoms with Crippen LogP contribution < -0.4 is 9.47 Å². The highest BCUT2D eigenvalue weighted by molar-refractivity contribution is 14.1. The van der Waals surface area contributed by atoms with E-state index in [1.165, 1.54) is 0 Å². The van der Waals surface area contributed by atoms with E-state index in [-0.39, 0.29) is 0 Å². The van der Waals surface area contributed by atoms with Gasteiger partial charge >= 0.3 is 0 Å². The number of ether oxygens (including phenoxy) is 2. The van der Waals surface area contributed by atoms with Crippen LogP contribution in [0.2, 0.25) is 0 Å². The van der Waals surface area contributed by atoms with Crippen molar-refractivity contribution in [2.45, 2.75) is 10.8 Å². The molecule has 0 N–H and O–H groups in total. The smallest absolute Gasteiger partial charge is 0.213 e. The number of rotatable bonds is 3. The molecule has 0 aliphatic heterocycles. The molecule has 3 nitrogen and oxygen atoms in total. The minimum atomic E-state index is 0.379. The van der Waals surface area contributed by atoms with Crippen LogP contribution in [0.15, 0.2) is 12.3 Å². The zero-order chi connectivity index (χ0) is 9.84. The van der Waals surface area contributed by atoms with Gasteiger partial charge in [-0.05, 0) is 6.92 Å². The van der Waals surface area contributed by atoms with Gasteiger partial charge in [-0.25, -0.2) is 4.98 Å². The Bertz CT molecular complexity index is 289. The van der Waals surface area contributed by atoms with Gasteiger partial charge in [0.05, 0.1) is 20.4 Å². The molecule has 0 saturated heterocycles. The molecule has 0 saturated carbocycles. The molecular weight excluding hydrogens is 281 g/mol. The molecule has 1 heterocycles. The van der Waals surface area contributed by atoms with Crippen molar-refractivity contribution in [1.29, 1.82) is 0 Å². The first-order chi connectivity index (χ1) is 6.19. The van der Waals surface area contributed by atoms with Gasteiger partial charge in [0.2, 0.25) is 5.88 Å². The van der Waals surface area contributed by atoms with E-state index in [9.17, 15) is 0 Å². The van der Waals surface area contributed by atoms with Crippen LogP contribution in [-0.4, -0.2) is 19.2 Å². The largest absolute Gasteiger partial charge is 0.495 e. The molecule has 1 unspecified atom stereocenters. The van der Waals surface area contributed by atoms with Crippen molar-refractivity contribution in [1.82, 2.24) is 4.98 Å². The van der Waals surface area contributed by atoms with Crippen molar-refractivity contribution in [2.24, 2.45) is 0 Å². The minimum Gasteiger partial charge on any atom is -0.495 e. The molecule has 1 atom stereocenters. The van der Waals surface area contributed by atoms with Crippen molar-refractivity contribution in [3.8, 4) is 11.6 Å². The van der Waals surface area contributed by atoms with Gasteiger partial charge in [-0.2, -0.15) is 0 Å². The Morgan fingerprint density at radius 2 is 2.08 bits per heavy atom. The average Bonchev–Trinajstić information content (AvgIpc) is 2.16. The molecule has 0 radical (unpaired) electrons. The number of halogens is 1. The van der Waals surface area contributed by atoms with Crippen LogP contribution >= 0.6 is 22.6 Å². The first-order valence-corrected chi connectivity index (χ1v) is 5.15. The Balaban J connectivity index is 3.10. The van der Waals surface area contributed by atoms with Crippen LogP contribution in [-0.2, 0) is 0 Å². The van der Waals surface area contributed by atoms with Crippen molar-refractivity contribution < 1.29 is 9.47 Å². The summed E-state index contributed by atoms with van der Waals surface area (Å²) >= 11 is 2.33. The molecule has 0 fully saturated rings. The third kappa shape index (κ3) is 2.46. The molecule has 0 bridgehead atoms. The molecule has 1 aromatic heterocycles. The standard InChI is InChI=1S/C9H12INO2/c1-6(10)7-4-9(13-3)11-5-8(7)12-2/h4-6H,1-3H3. The van der Waals surface area contributed by atoms with E-state index in [1.807, 2.05) is 6.07 Å². The molecule has 0 aromatic carbocycles. The molecule has 0 aliphatic rings. The van der Waals surface area contributed by atoms with Crippen molar-refractivity contribution >= 4 is 22.6 Å². The average molecular weight is 293 g/mol. The lowest BCUT2D eigenvalue weighted by Crippen LogP contribution is -1.95. The maximum Gasteiger partial charge on any atom is 0.213 e. The Kier molecular flexibility index (Phi) is 3.77. The fourth-order valence-corrected chi connectivity index (χ4v) is 1.52. The Morgan fingerprint density at radius 3 is 2.54 bits per heavy atom. The Hall–Kier alpha value is -0.520. The van der Waals surface area contributed by atoms with Gasteiger partial charge < -0.3 is 9.47 Å². The van der Waals surface area contributed by atoms with Gasteiger partial charge in [-0.15, -0.1) is 0 Å². The van der Waals surface area contributed by atoms with E-state index < -0.39 is 0 Å². The summed E-state index contributed by atoms with van der Waals surface area (Å²) in [5, 5.41) is 0. The highest BCUT2D eigenvalue weighted by Gasteiger charge is 2.10. The summed E-state index contributed by atoms with van der Waals surface area (Å²) in [7, 11) is 3.25. The third-order valence-corrected chi connectivity index (χ3v) is 2.40. The lowest BCUT2D eigenvalue weighted by molar-refractivity contribution is 0.384.